The first-order chi connectivity index (χ1) is 22.8. The Bertz CT molecular complexity index is 1100. The summed E-state index contributed by atoms with van der Waals surface area (Å²) in [6.07, 6.45) is -47.7. The van der Waals surface area contributed by atoms with E-state index in [1.165, 1.54) is 6.92 Å². The Morgan fingerprint density at radius 1 is 0.627 bits per heavy atom. The van der Waals surface area contributed by atoms with Gasteiger partial charge in [-0.3, -0.25) is 4.79 Å². The second kappa shape index (κ2) is 15.1. The Morgan fingerprint density at radius 3 is 1.41 bits per heavy atom. The van der Waals surface area contributed by atoms with Crippen LogP contribution in [0.15, 0.2) is 0 Å². The van der Waals surface area contributed by atoms with Crippen molar-refractivity contribution in [2.24, 2.45) is 29.6 Å². The lowest BCUT2D eigenvalue weighted by atomic mass is 9.66. The molecule has 1 N–H and O–H groups in total. The number of aliphatic hydroxyl groups is 1. The lowest BCUT2D eigenvalue weighted by molar-refractivity contribution is -0.419. The average Bonchev–Trinajstić information content (AvgIpc) is 2.95. The molecule has 2 fully saturated rings. The van der Waals surface area contributed by atoms with Gasteiger partial charge in [0.2, 0.25) is 0 Å². The van der Waals surface area contributed by atoms with Crippen LogP contribution >= 0.6 is 0 Å². The number of ether oxygens (including phenoxy) is 3. The van der Waals surface area contributed by atoms with Crippen LogP contribution in [0.5, 0.6) is 0 Å². The van der Waals surface area contributed by atoms with Crippen LogP contribution in [-0.4, -0.2) is 78.3 Å². The molecule has 0 aromatic carbocycles. The second-order valence-corrected chi connectivity index (χ2v) is 12.9. The number of alkyl halides is 18. The molecule has 51 heavy (non-hydrogen) atoms. The summed E-state index contributed by atoms with van der Waals surface area (Å²) in [5.74, 6) is -13.5. The van der Waals surface area contributed by atoms with Gasteiger partial charge in [0.15, 0.2) is 0 Å². The maximum Gasteiger partial charge on any atom is 0.437 e. The summed E-state index contributed by atoms with van der Waals surface area (Å²) in [5.41, 5.74) is -16.1. The first-order valence-electron chi connectivity index (χ1n) is 15.3. The number of carbonyl (C=O) groups excluding carboxylic acids is 1. The van der Waals surface area contributed by atoms with Crippen molar-refractivity contribution in [3.8, 4) is 0 Å². The van der Waals surface area contributed by atoms with Crippen LogP contribution in [0.25, 0.3) is 0 Å². The molecule has 0 amide bonds. The van der Waals surface area contributed by atoms with Crippen LogP contribution < -0.4 is 0 Å². The zero-order valence-corrected chi connectivity index (χ0v) is 26.5. The third kappa shape index (κ3) is 8.58. The van der Waals surface area contributed by atoms with E-state index in [1.807, 2.05) is 0 Å². The van der Waals surface area contributed by atoms with E-state index in [2.05, 4.69) is 9.47 Å². The maximum absolute atomic E-state index is 14.4. The number of hydrogen-bond donors (Lipinski definition) is 1. The lowest BCUT2D eigenvalue weighted by Crippen LogP contribution is -2.68. The third-order valence-electron chi connectivity index (χ3n) is 9.81. The number of esters is 1. The van der Waals surface area contributed by atoms with Crippen molar-refractivity contribution in [3.05, 3.63) is 0 Å². The summed E-state index contributed by atoms with van der Waals surface area (Å²) < 4.78 is 264. The van der Waals surface area contributed by atoms with E-state index in [0.717, 1.165) is 6.92 Å². The van der Waals surface area contributed by atoms with E-state index >= 15 is 0 Å². The number of hydrogen-bond acceptors (Lipinski definition) is 5. The van der Waals surface area contributed by atoms with Crippen molar-refractivity contribution in [1.29, 1.82) is 0 Å². The molecule has 3 atom stereocenters. The highest BCUT2D eigenvalue weighted by atomic mass is 19.4. The Balaban J connectivity index is 2.37. The van der Waals surface area contributed by atoms with Crippen LogP contribution in [0.4, 0.5) is 79.0 Å². The van der Waals surface area contributed by atoms with Gasteiger partial charge in [-0.05, 0) is 57.3 Å². The molecule has 5 nitrogen and oxygen atoms in total. The highest BCUT2D eigenvalue weighted by molar-refractivity contribution is 5.72. The smallest absolute Gasteiger partial charge is 0.437 e. The van der Waals surface area contributed by atoms with Crippen molar-refractivity contribution < 1.29 is 103 Å². The summed E-state index contributed by atoms with van der Waals surface area (Å²) in [6.45, 7) is -0.814. The maximum atomic E-state index is 14.4. The van der Waals surface area contributed by atoms with Gasteiger partial charge in [0, 0.05) is 17.8 Å². The van der Waals surface area contributed by atoms with Crippen molar-refractivity contribution in [2.45, 2.75) is 125 Å². The predicted molar refractivity (Wildman–Crippen MR) is 135 cm³/mol. The molecule has 0 radical (unpaired) electrons. The van der Waals surface area contributed by atoms with Gasteiger partial charge in [0.25, 0.3) is 11.2 Å². The van der Waals surface area contributed by atoms with Crippen molar-refractivity contribution >= 4 is 5.97 Å². The molecule has 23 heteroatoms. The SMILES string of the molecule is CCC(C)C(=O)OC(C1CCCC(C(OCOCC2CCC(C(O)(C(F)(F)F)C(F)(F)F)CC2)(C(F)(F)F)C(F)(F)F)C1)(C(F)(F)F)C(F)(F)F. The summed E-state index contributed by atoms with van der Waals surface area (Å²) in [6, 6.07) is 0. The zero-order chi connectivity index (χ0) is 39.9. The van der Waals surface area contributed by atoms with Crippen LogP contribution in [0.1, 0.15) is 71.6 Å². The average molecular weight is 793 g/mol. The summed E-state index contributed by atoms with van der Waals surface area (Å²) in [5, 5.41) is 9.55. The van der Waals surface area contributed by atoms with E-state index < -0.39 is 154 Å². The third-order valence-corrected chi connectivity index (χ3v) is 9.81. The zero-order valence-electron chi connectivity index (χ0n) is 26.5. The molecule has 2 rings (SSSR count). The van der Waals surface area contributed by atoms with Crippen LogP contribution in [0.3, 0.4) is 0 Å². The van der Waals surface area contributed by atoms with Gasteiger partial charge >= 0.3 is 48.6 Å². The van der Waals surface area contributed by atoms with Gasteiger partial charge in [-0.15, -0.1) is 0 Å². The number of carbonyl (C=O) groups is 1. The molecule has 2 aliphatic rings. The van der Waals surface area contributed by atoms with E-state index in [4.69, 9.17) is 4.74 Å². The van der Waals surface area contributed by atoms with Crippen molar-refractivity contribution in [1.82, 2.24) is 0 Å². The Hall–Kier alpha value is -1.91. The van der Waals surface area contributed by atoms with Gasteiger partial charge in [0.1, 0.15) is 6.79 Å². The lowest BCUT2D eigenvalue weighted by Gasteiger charge is -2.49. The fourth-order valence-corrected chi connectivity index (χ4v) is 6.80. The van der Waals surface area contributed by atoms with Crippen LogP contribution in [-0.2, 0) is 19.0 Å². The fraction of sp³-hybridized carbons (Fsp3) is 0.964. The molecule has 0 heterocycles. The highest BCUT2D eigenvalue weighted by Gasteiger charge is 2.81. The molecular formula is C28H34F18O5. The normalized spacial score (nSPS) is 24.7. The summed E-state index contributed by atoms with van der Waals surface area (Å²) in [4.78, 5) is 12.2. The molecule has 0 bridgehead atoms. The predicted octanol–water partition coefficient (Wildman–Crippen LogP) is 9.76. The van der Waals surface area contributed by atoms with Gasteiger partial charge in [-0.25, -0.2) is 0 Å². The van der Waals surface area contributed by atoms with E-state index in [9.17, 15) is 88.9 Å². The molecule has 0 aromatic rings. The standard InChI is InChI=1S/C28H34F18O5/c1-3-14(2)19(47)51-22(27(41,42)43,28(44,45)46)18-6-4-5-17(11-18)21(25(35,36)37,26(38,39)40)50-13-49-12-15-7-9-16(10-8-15)20(48,23(29,30)31)24(32,33)34/h14-18,48H,3-13H2,1-2H3. The molecule has 3 unspecified atom stereocenters. The van der Waals surface area contributed by atoms with E-state index in [-0.39, 0.29) is 6.42 Å². The van der Waals surface area contributed by atoms with Crippen molar-refractivity contribution in [2.75, 3.05) is 13.4 Å². The highest BCUT2D eigenvalue weighted by Crippen LogP contribution is 2.60. The van der Waals surface area contributed by atoms with Crippen molar-refractivity contribution in [3.63, 3.8) is 0 Å². The Kier molecular flexibility index (Phi) is 13.4. The molecule has 0 saturated heterocycles. The minimum Gasteiger partial charge on any atom is -0.439 e. The molecule has 0 aromatic heterocycles. The summed E-state index contributed by atoms with van der Waals surface area (Å²) in [7, 11) is 0. The monoisotopic (exact) mass is 792 g/mol. The van der Waals surface area contributed by atoms with Gasteiger partial charge in [-0.1, -0.05) is 20.3 Å². The molecular weight excluding hydrogens is 758 g/mol. The van der Waals surface area contributed by atoms with Crippen LogP contribution in [0, 0.1) is 29.6 Å². The van der Waals surface area contributed by atoms with Gasteiger partial charge in [-0.2, -0.15) is 79.0 Å². The van der Waals surface area contributed by atoms with Crippen LogP contribution in [0.2, 0.25) is 0 Å². The topological polar surface area (TPSA) is 65.0 Å². The van der Waals surface area contributed by atoms with E-state index in [1.54, 1.807) is 0 Å². The largest absolute Gasteiger partial charge is 0.439 e. The first kappa shape index (κ1) is 45.2. The van der Waals surface area contributed by atoms with Gasteiger partial charge < -0.3 is 19.3 Å². The number of halogens is 18. The minimum absolute atomic E-state index is 0.345. The molecule has 2 aliphatic carbocycles. The fourth-order valence-electron chi connectivity index (χ4n) is 6.80. The van der Waals surface area contributed by atoms with Gasteiger partial charge in [0.05, 0.1) is 12.5 Å². The second-order valence-electron chi connectivity index (χ2n) is 12.9. The molecule has 2 saturated carbocycles. The first-order valence-corrected chi connectivity index (χ1v) is 15.3. The molecule has 0 aliphatic heterocycles. The Morgan fingerprint density at radius 2 is 1.04 bits per heavy atom. The molecule has 302 valence electrons. The summed E-state index contributed by atoms with van der Waals surface area (Å²) >= 11 is 0. The quantitative estimate of drug-likeness (QED) is 0.0978. The number of rotatable bonds is 11. The minimum atomic E-state index is -6.57. The van der Waals surface area contributed by atoms with E-state index in [0.29, 0.717) is 0 Å². The molecule has 0 spiro atoms. The Labute approximate surface area is 278 Å².